The van der Waals surface area contributed by atoms with Crippen LogP contribution >= 0.6 is 27.5 Å². The van der Waals surface area contributed by atoms with Crippen molar-refractivity contribution in [3.8, 4) is 5.75 Å². The molecule has 0 atom stereocenters. The molecule has 0 aliphatic rings. The summed E-state index contributed by atoms with van der Waals surface area (Å²) in [7, 11) is 0. The van der Waals surface area contributed by atoms with Gasteiger partial charge in [0.1, 0.15) is 5.75 Å². The van der Waals surface area contributed by atoms with Gasteiger partial charge in [-0.3, -0.25) is 0 Å². The van der Waals surface area contributed by atoms with Gasteiger partial charge in [-0.2, -0.15) is 0 Å². The Balaban J connectivity index is 2.00. The maximum absolute atomic E-state index is 6.13. The van der Waals surface area contributed by atoms with Crippen molar-refractivity contribution >= 4 is 33.2 Å². The molecule has 2 rings (SSSR count). The Morgan fingerprint density at radius 3 is 2.58 bits per heavy atom. The monoisotopic (exact) mass is 339 g/mol. The molecule has 100 valence electrons. The number of halogens is 2. The van der Waals surface area contributed by atoms with Crippen LogP contribution in [0.3, 0.4) is 0 Å². The minimum atomic E-state index is 0.686. The van der Waals surface area contributed by atoms with E-state index >= 15 is 0 Å². The number of hydrogen-bond acceptors (Lipinski definition) is 2. The van der Waals surface area contributed by atoms with Gasteiger partial charge in [0.15, 0.2) is 0 Å². The summed E-state index contributed by atoms with van der Waals surface area (Å²) in [6, 6.07) is 13.8. The molecule has 0 fully saturated rings. The highest BCUT2D eigenvalue weighted by Gasteiger charge is 2.01. The van der Waals surface area contributed by atoms with Crippen molar-refractivity contribution in [2.45, 2.75) is 13.5 Å². The van der Waals surface area contributed by atoms with E-state index in [0.29, 0.717) is 11.6 Å². The van der Waals surface area contributed by atoms with Crippen molar-refractivity contribution in [3.63, 3.8) is 0 Å². The number of anilines is 1. The molecular formula is C15H15BrClNO. The first-order valence-corrected chi connectivity index (χ1v) is 7.27. The standard InChI is InChI=1S/C15H15BrClNO/c1-2-19-13-6-3-11(4-7-13)10-18-15-9-12(16)5-8-14(15)17/h3-9,18H,2,10H2,1H3. The third kappa shape index (κ3) is 4.15. The quantitative estimate of drug-likeness (QED) is 0.816. The molecule has 0 aromatic heterocycles. The van der Waals surface area contributed by atoms with Crippen LogP contribution in [0.2, 0.25) is 5.02 Å². The lowest BCUT2D eigenvalue weighted by Crippen LogP contribution is -2.00. The summed E-state index contributed by atoms with van der Waals surface area (Å²) in [6.07, 6.45) is 0. The van der Waals surface area contributed by atoms with Crippen LogP contribution < -0.4 is 10.1 Å². The third-order valence-electron chi connectivity index (χ3n) is 2.65. The molecule has 0 aliphatic heterocycles. The predicted molar refractivity (Wildman–Crippen MR) is 84.1 cm³/mol. The highest BCUT2D eigenvalue weighted by molar-refractivity contribution is 9.10. The second-order valence-electron chi connectivity index (χ2n) is 4.05. The van der Waals surface area contributed by atoms with Crippen molar-refractivity contribution in [3.05, 3.63) is 57.5 Å². The number of nitrogens with one attached hydrogen (secondary N) is 1. The number of rotatable bonds is 5. The molecule has 1 N–H and O–H groups in total. The molecule has 0 aliphatic carbocycles. The smallest absolute Gasteiger partial charge is 0.119 e. The Labute approximate surface area is 126 Å². The van der Waals surface area contributed by atoms with E-state index in [9.17, 15) is 0 Å². The van der Waals surface area contributed by atoms with Gasteiger partial charge in [0.25, 0.3) is 0 Å². The second-order valence-corrected chi connectivity index (χ2v) is 5.38. The zero-order valence-corrected chi connectivity index (χ0v) is 13.0. The first kappa shape index (κ1) is 14.2. The summed E-state index contributed by atoms with van der Waals surface area (Å²) in [6.45, 7) is 3.39. The molecule has 0 bridgehead atoms. The first-order valence-electron chi connectivity index (χ1n) is 6.09. The summed E-state index contributed by atoms with van der Waals surface area (Å²) in [5.74, 6) is 0.895. The van der Waals surface area contributed by atoms with Crippen molar-refractivity contribution in [1.82, 2.24) is 0 Å². The Morgan fingerprint density at radius 1 is 1.16 bits per heavy atom. The number of hydrogen-bond donors (Lipinski definition) is 1. The van der Waals surface area contributed by atoms with Gasteiger partial charge in [-0.15, -0.1) is 0 Å². The highest BCUT2D eigenvalue weighted by Crippen LogP contribution is 2.26. The van der Waals surface area contributed by atoms with E-state index in [2.05, 4.69) is 21.2 Å². The molecular weight excluding hydrogens is 326 g/mol. The van der Waals surface area contributed by atoms with E-state index < -0.39 is 0 Å². The zero-order chi connectivity index (χ0) is 13.7. The Morgan fingerprint density at radius 2 is 1.89 bits per heavy atom. The first-order chi connectivity index (χ1) is 9.19. The van der Waals surface area contributed by atoms with Crippen molar-refractivity contribution in [1.29, 1.82) is 0 Å². The molecule has 4 heteroatoms. The zero-order valence-electron chi connectivity index (χ0n) is 10.6. The number of benzene rings is 2. The van der Waals surface area contributed by atoms with E-state index in [1.165, 1.54) is 5.56 Å². The fraction of sp³-hybridized carbons (Fsp3) is 0.200. The lowest BCUT2D eigenvalue weighted by molar-refractivity contribution is 0.340. The average molecular weight is 341 g/mol. The summed E-state index contributed by atoms with van der Waals surface area (Å²) in [5.41, 5.74) is 2.10. The van der Waals surface area contributed by atoms with Crippen LogP contribution in [-0.4, -0.2) is 6.61 Å². The normalized spacial score (nSPS) is 10.3. The minimum absolute atomic E-state index is 0.686. The Bertz CT molecular complexity index is 542. The molecule has 0 amide bonds. The van der Waals surface area contributed by atoms with Crippen molar-refractivity contribution in [2.24, 2.45) is 0 Å². The Kier molecular flexibility index (Phi) is 5.11. The third-order valence-corrected chi connectivity index (χ3v) is 3.47. The SMILES string of the molecule is CCOc1ccc(CNc2cc(Br)ccc2Cl)cc1. The minimum Gasteiger partial charge on any atom is -0.494 e. The van der Waals surface area contributed by atoms with Crippen LogP contribution in [-0.2, 0) is 6.54 Å². The van der Waals surface area contributed by atoms with Crippen LogP contribution in [0.4, 0.5) is 5.69 Å². The van der Waals surface area contributed by atoms with Crippen LogP contribution in [0, 0.1) is 0 Å². The molecule has 0 saturated carbocycles. The summed E-state index contributed by atoms with van der Waals surface area (Å²) in [4.78, 5) is 0. The molecule has 0 radical (unpaired) electrons. The summed E-state index contributed by atoms with van der Waals surface area (Å²) < 4.78 is 6.42. The van der Waals surface area contributed by atoms with Crippen molar-refractivity contribution in [2.75, 3.05) is 11.9 Å². The molecule has 0 saturated heterocycles. The second kappa shape index (κ2) is 6.83. The van der Waals surface area contributed by atoms with Crippen molar-refractivity contribution < 1.29 is 4.74 Å². The van der Waals surface area contributed by atoms with E-state index in [-0.39, 0.29) is 0 Å². The molecule has 0 unspecified atom stereocenters. The van der Waals surface area contributed by atoms with Gasteiger partial charge in [-0.25, -0.2) is 0 Å². The van der Waals surface area contributed by atoms with Crippen LogP contribution in [0.1, 0.15) is 12.5 Å². The molecule has 19 heavy (non-hydrogen) atoms. The van der Waals surface area contributed by atoms with Gasteiger partial charge in [-0.1, -0.05) is 39.7 Å². The summed E-state index contributed by atoms with van der Waals surface area (Å²) >= 11 is 9.56. The van der Waals surface area contributed by atoms with Gasteiger partial charge in [0, 0.05) is 11.0 Å². The van der Waals surface area contributed by atoms with Crippen LogP contribution in [0.5, 0.6) is 5.75 Å². The Hall–Kier alpha value is -1.19. The van der Waals surface area contributed by atoms with Gasteiger partial charge in [-0.05, 0) is 42.8 Å². The predicted octanol–water partition coefficient (Wildman–Crippen LogP) is 5.11. The largest absolute Gasteiger partial charge is 0.494 e. The van der Waals surface area contributed by atoms with E-state index in [1.54, 1.807) is 0 Å². The average Bonchev–Trinajstić information content (AvgIpc) is 2.42. The number of ether oxygens (including phenoxy) is 1. The molecule has 2 aromatic carbocycles. The van der Waals surface area contributed by atoms with E-state index in [4.69, 9.17) is 16.3 Å². The molecule has 2 nitrogen and oxygen atoms in total. The molecule has 0 heterocycles. The van der Waals surface area contributed by atoms with Gasteiger partial charge in [0.2, 0.25) is 0 Å². The highest BCUT2D eigenvalue weighted by atomic mass is 79.9. The fourth-order valence-electron chi connectivity index (χ4n) is 1.70. The fourth-order valence-corrected chi connectivity index (χ4v) is 2.25. The van der Waals surface area contributed by atoms with E-state index in [1.807, 2.05) is 49.4 Å². The van der Waals surface area contributed by atoms with Gasteiger partial charge >= 0.3 is 0 Å². The van der Waals surface area contributed by atoms with Crippen LogP contribution in [0.15, 0.2) is 46.9 Å². The molecule has 0 spiro atoms. The topological polar surface area (TPSA) is 21.3 Å². The lowest BCUT2D eigenvalue weighted by Gasteiger charge is -2.10. The van der Waals surface area contributed by atoms with Gasteiger partial charge in [0.05, 0.1) is 17.3 Å². The summed E-state index contributed by atoms with van der Waals surface area (Å²) in [5, 5.41) is 4.04. The maximum Gasteiger partial charge on any atom is 0.119 e. The lowest BCUT2D eigenvalue weighted by atomic mass is 10.2. The van der Waals surface area contributed by atoms with E-state index in [0.717, 1.165) is 22.5 Å². The molecule has 2 aromatic rings. The van der Waals surface area contributed by atoms with Crippen LogP contribution in [0.25, 0.3) is 0 Å². The maximum atomic E-state index is 6.13. The van der Waals surface area contributed by atoms with Gasteiger partial charge < -0.3 is 10.1 Å².